The van der Waals surface area contributed by atoms with E-state index in [4.69, 9.17) is 9.15 Å². The zero-order chi connectivity index (χ0) is 14.3. The molecule has 2 heterocycles. The summed E-state index contributed by atoms with van der Waals surface area (Å²) in [7, 11) is 0. The van der Waals surface area contributed by atoms with E-state index in [2.05, 4.69) is 10.3 Å². The third kappa shape index (κ3) is 2.59. The molecule has 2 aliphatic rings. The SMILES string of the molecule is Cc1nc(C(C)C)oc1C(=O)NC1CCOC1C1CC1. The lowest BCUT2D eigenvalue weighted by Crippen LogP contribution is -2.41. The van der Waals surface area contributed by atoms with Crippen LogP contribution in [0, 0.1) is 12.8 Å². The molecular weight excluding hydrogens is 256 g/mol. The Morgan fingerprint density at radius 1 is 1.35 bits per heavy atom. The Labute approximate surface area is 119 Å². The van der Waals surface area contributed by atoms with Crippen LogP contribution in [0.4, 0.5) is 0 Å². The fourth-order valence-electron chi connectivity index (χ4n) is 2.76. The van der Waals surface area contributed by atoms with Crippen molar-refractivity contribution >= 4 is 5.91 Å². The molecule has 1 aliphatic heterocycles. The molecule has 0 bridgehead atoms. The average Bonchev–Trinajstić information content (AvgIpc) is 3.00. The Kier molecular flexibility index (Phi) is 3.54. The molecule has 1 saturated carbocycles. The number of ether oxygens (including phenoxy) is 1. The number of carbonyl (C=O) groups is 1. The summed E-state index contributed by atoms with van der Waals surface area (Å²) in [5.74, 6) is 1.61. The zero-order valence-corrected chi connectivity index (χ0v) is 12.3. The van der Waals surface area contributed by atoms with Gasteiger partial charge in [-0.2, -0.15) is 0 Å². The topological polar surface area (TPSA) is 64.4 Å². The predicted molar refractivity (Wildman–Crippen MR) is 73.7 cm³/mol. The lowest BCUT2D eigenvalue weighted by Gasteiger charge is -2.18. The fourth-order valence-corrected chi connectivity index (χ4v) is 2.76. The van der Waals surface area contributed by atoms with E-state index in [1.54, 1.807) is 0 Å². The van der Waals surface area contributed by atoms with Gasteiger partial charge in [0.05, 0.1) is 17.8 Å². The van der Waals surface area contributed by atoms with Crippen LogP contribution in [-0.2, 0) is 4.74 Å². The van der Waals surface area contributed by atoms with Crippen molar-refractivity contribution in [3.05, 3.63) is 17.3 Å². The molecule has 1 amide bonds. The molecule has 1 aromatic rings. The first kappa shape index (κ1) is 13.6. The molecule has 0 aromatic carbocycles. The molecule has 1 N–H and O–H groups in total. The number of nitrogens with one attached hydrogen (secondary N) is 1. The highest BCUT2D eigenvalue weighted by Gasteiger charge is 2.41. The molecule has 0 spiro atoms. The van der Waals surface area contributed by atoms with Crippen LogP contribution in [0.15, 0.2) is 4.42 Å². The van der Waals surface area contributed by atoms with Crippen molar-refractivity contribution < 1.29 is 13.9 Å². The quantitative estimate of drug-likeness (QED) is 0.918. The Hall–Kier alpha value is -1.36. The first-order valence-electron chi connectivity index (χ1n) is 7.46. The van der Waals surface area contributed by atoms with Crippen LogP contribution in [0.2, 0.25) is 0 Å². The molecule has 20 heavy (non-hydrogen) atoms. The third-order valence-corrected chi connectivity index (χ3v) is 4.05. The molecule has 1 saturated heterocycles. The molecule has 5 heteroatoms. The highest BCUT2D eigenvalue weighted by Crippen LogP contribution is 2.38. The van der Waals surface area contributed by atoms with Gasteiger partial charge in [-0.3, -0.25) is 4.79 Å². The van der Waals surface area contributed by atoms with E-state index in [9.17, 15) is 4.79 Å². The van der Waals surface area contributed by atoms with E-state index < -0.39 is 0 Å². The van der Waals surface area contributed by atoms with Crippen LogP contribution >= 0.6 is 0 Å². The Morgan fingerprint density at radius 3 is 2.70 bits per heavy atom. The number of hydrogen-bond acceptors (Lipinski definition) is 4. The maximum Gasteiger partial charge on any atom is 0.289 e. The minimum Gasteiger partial charge on any atom is -0.435 e. The van der Waals surface area contributed by atoms with Gasteiger partial charge in [-0.15, -0.1) is 0 Å². The monoisotopic (exact) mass is 278 g/mol. The average molecular weight is 278 g/mol. The van der Waals surface area contributed by atoms with Crippen LogP contribution in [-0.4, -0.2) is 29.6 Å². The number of oxazole rings is 1. The number of carbonyl (C=O) groups excluding carboxylic acids is 1. The maximum atomic E-state index is 12.3. The number of amides is 1. The summed E-state index contributed by atoms with van der Waals surface area (Å²) in [6, 6.07) is 0.113. The molecule has 1 aromatic heterocycles. The van der Waals surface area contributed by atoms with Crippen molar-refractivity contribution in [3.8, 4) is 0 Å². The second kappa shape index (κ2) is 5.20. The minimum absolute atomic E-state index is 0.113. The molecule has 1 aliphatic carbocycles. The number of rotatable bonds is 4. The summed E-state index contributed by atoms with van der Waals surface area (Å²) in [4.78, 5) is 16.7. The van der Waals surface area contributed by atoms with Crippen LogP contribution in [0.5, 0.6) is 0 Å². The Balaban J connectivity index is 1.69. The third-order valence-electron chi connectivity index (χ3n) is 4.05. The largest absolute Gasteiger partial charge is 0.435 e. The number of nitrogens with zero attached hydrogens (tertiary/aromatic N) is 1. The summed E-state index contributed by atoms with van der Waals surface area (Å²) in [6.07, 6.45) is 3.51. The normalized spacial score (nSPS) is 26.2. The number of aryl methyl sites for hydroxylation is 1. The lowest BCUT2D eigenvalue weighted by atomic mass is 10.1. The molecule has 5 nitrogen and oxygen atoms in total. The Bertz CT molecular complexity index is 505. The van der Waals surface area contributed by atoms with Gasteiger partial charge in [0.1, 0.15) is 0 Å². The van der Waals surface area contributed by atoms with Gasteiger partial charge in [-0.1, -0.05) is 13.8 Å². The van der Waals surface area contributed by atoms with Crippen LogP contribution in [0.3, 0.4) is 0 Å². The molecule has 2 atom stereocenters. The van der Waals surface area contributed by atoms with Gasteiger partial charge in [0.2, 0.25) is 5.76 Å². The van der Waals surface area contributed by atoms with E-state index in [1.165, 1.54) is 12.8 Å². The summed E-state index contributed by atoms with van der Waals surface area (Å²) in [6.45, 7) is 6.55. The van der Waals surface area contributed by atoms with E-state index in [1.807, 2.05) is 20.8 Å². The van der Waals surface area contributed by atoms with E-state index >= 15 is 0 Å². The maximum absolute atomic E-state index is 12.3. The minimum atomic E-state index is -0.164. The second-order valence-corrected chi connectivity index (χ2v) is 6.16. The standard InChI is InChI=1S/C15H22N2O3/c1-8(2)15-16-9(3)12(20-15)14(18)17-11-6-7-19-13(11)10-4-5-10/h8,10-11,13H,4-7H2,1-3H3,(H,17,18). The van der Waals surface area contributed by atoms with Crippen LogP contribution in [0.25, 0.3) is 0 Å². The van der Waals surface area contributed by atoms with Gasteiger partial charge in [0.25, 0.3) is 5.91 Å². The highest BCUT2D eigenvalue weighted by molar-refractivity contribution is 5.92. The Morgan fingerprint density at radius 2 is 2.10 bits per heavy atom. The molecule has 2 unspecified atom stereocenters. The van der Waals surface area contributed by atoms with Crippen molar-refractivity contribution in [2.45, 2.75) is 58.1 Å². The van der Waals surface area contributed by atoms with Crippen molar-refractivity contribution in [1.82, 2.24) is 10.3 Å². The highest BCUT2D eigenvalue weighted by atomic mass is 16.5. The number of hydrogen-bond donors (Lipinski definition) is 1. The van der Waals surface area contributed by atoms with Gasteiger partial charge in [0.15, 0.2) is 5.89 Å². The molecular formula is C15H22N2O3. The van der Waals surface area contributed by atoms with Crippen molar-refractivity contribution in [1.29, 1.82) is 0 Å². The second-order valence-electron chi connectivity index (χ2n) is 6.16. The summed E-state index contributed by atoms with van der Waals surface area (Å²) >= 11 is 0. The van der Waals surface area contributed by atoms with Gasteiger partial charge in [-0.05, 0) is 32.1 Å². The summed E-state index contributed by atoms with van der Waals surface area (Å²) < 4.78 is 11.3. The van der Waals surface area contributed by atoms with Gasteiger partial charge < -0.3 is 14.5 Å². The number of aromatic nitrogens is 1. The smallest absolute Gasteiger partial charge is 0.289 e. The van der Waals surface area contributed by atoms with Gasteiger partial charge >= 0.3 is 0 Å². The summed E-state index contributed by atoms with van der Waals surface area (Å²) in [5.41, 5.74) is 0.660. The molecule has 110 valence electrons. The van der Waals surface area contributed by atoms with E-state index in [-0.39, 0.29) is 24.0 Å². The predicted octanol–water partition coefficient (Wildman–Crippen LogP) is 2.40. The fraction of sp³-hybridized carbons (Fsp3) is 0.733. The van der Waals surface area contributed by atoms with Crippen LogP contribution in [0.1, 0.15) is 61.2 Å². The van der Waals surface area contributed by atoms with Crippen molar-refractivity contribution in [2.75, 3.05) is 6.61 Å². The molecule has 3 rings (SSSR count). The zero-order valence-electron chi connectivity index (χ0n) is 12.3. The van der Waals surface area contributed by atoms with Gasteiger partial charge in [-0.25, -0.2) is 4.98 Å². The summed E-state index contributed by atoms with van der Waals surface area (Å²) in [5, 5.41) is 3.06. The van der Waals surface area contributed by atoms with Gasteiger partial charge in [0, 0.05) is 12.5 Å². The first-order chi connectivity index (χ1) is 9.56. The van der Waals surface area contributed by atoms with Crippen molar-refractivity contribution in [3.63, 3.8) is 0 Å². The van der Waals surface area contributed by atoms with E-state index in [0.29, 0.717) is 23.3 Å². The van der Waals surface area contributed by atoms with Crippen LogP contribution < -0.4 is 5.32 Å². The van der Waals surface area contributed by atoms with E-state index in [0.717, 1.165) is 13.0 Å². The molecule has 0 radical (unpaired) electrons. The van der Waals surface area contributed by atoms with Crippen molar-refractivity contribution in [2.24, 2.45) is 5.92 Å². The molecule has 2 fully saturated rings. The first-order valence-corrected chi connectivity index (χ1v) is 7.46. The lowest BCUT2D eigenvalue weighted by molar-refractivity contribution is 0.0715.